The topological polar surface area (TPSA) is 47.6 Å². The molecule has 6 heteroatoms. The Morgan fingerprint density at radius 3 is 2.65 bits per heavy atom. The fourth-order valence-corrected chi connectivity index (χ4v) is 4.73. The van der Waals surface area contributed by atoms with Crippen LogP contribution in [-0.2, 0) is 22.6 Å². The summed E-state index contributed by atoms with van der Waals surface area (Å²) in [6, 6.07) is 16.4. The zero-order valence-corrected chi connectivity index (χ0v) is 18.3. The molecular formula is C25H26FNO3S. The third kappa shape index (κ3) is 5.79. The van der Waals surface area contributed by atoms with E-state index in [0.29, 0.717) is 18.0 Å². The van der Waals surface area contributed by atoms with Crippen molar-refractivity contribution in [2.24, 2.45) is 0 Å². The van der Waals surface area contributed by atoms with Gasteiger partial charge in [-0.15, -0.1) is 11.3 Å². The van der Waals surface area contributed by atoms with Crippen molar-refractivity contribution in [1.29, 1.82) is 0 Å². The predicted molar refractivity (Wildman–Crippen MR) is 121 cm³/mol. The number of amides is 1. The van der Waals surface area contributed by atoms with Crippen LogP contribution < -0.4 is 5.32 Å². The number of benzene rings is 2. The molecule has 3 aromatic rings. The third-order valence-electron chi connectivity index (χ3n) is 5.35. The Balaban J connectivity index is 1.34. The van der Waals surface area contributed by atoms with Crippen molar-refractivity contribution in [3.63, 3.8) is 0 Å². The number of hydrogen-bond acceptors (Lipinski definition) is 4. The van der Waals surface area contributed by atoms with Gasteiger partial charge < -0.3 is 14.8 Å². The van der Waals surface area contributed by atoms with Crippen molar-refractivity contribution >= 4 is 17.2 Å². The van der Waals surface area contributed by atoms with E-state index in [9.17, 15) is 9.18 Å². The van der Waals surface area contributed by atoms with Crippen LogP contribution >= 0.6 is 11.3 Å². The molecule has 4 rings (SSSR count). The largest absolute Gasteiger partial charge is 0.381 e. The van der Waals surface area contributed by atoms with Crippen molar-refractivity contribution < 1.29 is 18.7 Å². The summed E-state index contributed by atoms with van der Waals surface area (Å²) in [4.78, 5) is 14.3. The fraction of sp³-hybridized carbons (Fsp3) is 0.320. The van der Waals surface area contributed by atoms with E-state index < -0.39 is 0 Å². The van der Waals surface area contributed by atoms with Crippen molar-refractivity contribution in [2.45, 2.75) is 39.0 Å². The molecule has 1 aromatic heterocycles. The lowest BCUT2D eigenvalue weighted by molar-refractivity contribution is -0.0390. The van der Waals surface area contributed by atoms with E-state index >= 15 is 0 Å². The Kier molecular flexibility index (Phi) is 7.12. The summed E-state index contributed by atoms with van der Waals surface area (Å²) in [6.45, 7) is 4.52. The number of aryl methyl sites for hydroxylation is 1. The summed E-state index contributed by atoms with van der Waals surface area (Å²) in [5.74, 6) is -0.373. The monoisotopic (exact) mass is 439 g/mol. The molecular weight excluding hydrogens is 413 g/mol. The van der Waals surface area contributed by atoms with Crippen LogP contribution in [0.1, 0.15) is 39.2 Å². The normalized spacial score (nSPS) is 14.5. The molecule has 4 nitrogen and oxygen atoms in total. The van der Waals surface area contributed by atoms with Crippen LogP contribution in [0, 0.1) is 12.7 Å². The van der Waals surface area contributed by atoms with Crippen LogP contribution in [-0.4, -0.2) is 25.2 Å². The van der Waals surface area contributed by atoms with E-state index in [2.05, 4.69) is 11.4 Å². The summed E-state index contributed by atoms with van der Waals surface area (Å²) in [5.41, 5.74) is 4.06. The van der Waals surface area contributed by atoms with Gasteiger partial charge in [-0.3, -0.25) is 4.79 Å². The fourth-order valence-electron chi connectivity index (χ4n) is 3.64. The number of ether oxygens (including phenoxy) is 2. The van der Waals surface area contributed by atoms with Gasteiger partial charge in [0, 0.05) is 24.6 Å². The van der Waals surface area contributed by atoms with E-state index in [0.717, 1.165) is 53.2 Å². The van der Waals surface area contributed by atoms with Gasteiger partial charge in [0.15, 0.2) is 0 Å². The van der Waals surface area contributed by atoms with Crippen LogP contribution in [0.5, 0.6) is 0 Å². The maximum atomic E-state index is 13.2. The lowest BCUT2D eigenvalue weighted by Crippen LogP contribution is -2.23. The highest BCUT2D eigenvalue weighted by Gasteiger charge is 2.15. The molecule has 31 heavy (non-hydrogen) atoms. The van der Waals surface area contributed by atoms with Gasteiger partial charge in [-0.05, 0) is 60.2 Å². The Hall–Kier alpha value is -2.54. The summed E-state index contributed by atoms with van der Waals surface area (Å²) >= 11 is 1.42. The first-order valence-electron chi connectivity index (χ1n) is 10.5. The second-order valence-electron chi connectivity index (χ2n) is 7.76. The van der Waals surface area contributed by atoms with Crippen LogP contribution in [0.3, 0.4) is 0 Å². The summed E-state index contributed by atoms with van der Waals surface area (Å²) in [6.07, 6.45) is 2.14. The molecule has 0 unspecified atom stereocenters. The first kappa shape index (κ1) is 21.7. The van der Waals surface area contributed by atoms with Crippen LogP contribution in [0.25, 0.3) is 10.4 Å². The van der Waals surface area contributed by atoms with Crippen molar-refractivity contribution in [3.05, 3.63) is 82.0 Å². The highest BCUT2D eigenvalue weighted by Crippen LogP contribution is 2.32. The zero-order valence-electron chi connectivity index (χ0n) is 17.5. The van der Waals surface area contributed by atoms with E-state index in [1.165, 1.54) is 23.5 Å². The molecule has 0 radical (unpaired) electrons. The molecule has 0 spiro atoms. The van der Waals surface area contributed by atoms with E-state index in [1.54, 1.807) is 12.1 Å². The lowest BCUT2D eigenvalue weighted by atomic mass is 10.1. The Morgan fingerprint density at radius 2 is 1.87 bits per heavy atom. The highest BCUT2D eigenvalue weighted by molar-refractivity contribution is 7.17. The molecule has 1 amide bonds. The second kappa shape index (κ2) is 10.2. The molecule has 2 heterocycles. The molecule has 0 aliphatic carbocycles. The zero-order chi connectivity index (χ0) is 21.6. The van der Waals surface area contributed by atoms with Gasteiger partial charge in [0.2, 0.25) is 0 Å². The average molecular weight is 440 g/mol. The molecule has 1 saturated heterocycles. The van der Waals surface area contributed by atoms with Crippen molar-refractivity contribution in [3.8, 4) is 10.4 Å². The summed E-state index contributed by atoms with van der Waals surface area (Å²) in [5, 5.41) is 3.00. The van der Waals surface area contributed by atoms with E-state index in [1.807, 2.05) is 31.2 Å². The Labute approximate surface area is 186 Å². The first-order chi connectivity index (χ1) is 15.1. The number of carbonyl (C=O) groups excluding carboxylic acids is 1. The number of rotatable bonds is 7. The molecule has 1 N–H and O–H groups in total. The van der Waals surface area contributed by atoms with Gasteiger partial charge in [-0.1, -0.05) is 36.4 Å². The minimum atomic E-state index is -0.267. The van der Waals surface area contributed by atoms with Crippen molar-refractivity contribution in [1.82, 2.24) is 5.32 Å². The van der Waals surface area contributed by atoms with Gasteiger partial charge in [-0.2, -0.15) is 0 Å². The number of nitrogens with one attached hydrogen (secondary N) is 1. The van der Waals surface area contributed by atoms with Gasteiger partial charge in [0.1, 0.15) is 5.82 Å². The summed E-state index contributed by atoms with van der Waals surface area (Å²) in [7, 11) is 0. The van der Waals surface area contributed by atoms with Crippen molar-refractivity contribution in [2.75, 3.05) is 13.2 Å². The quantitative estimate of drug-likeness (QED) is 0.530. The molecule has 2 aromatic carbocycles. The molecule has 0 atom stereocenters. The van der Waals surface area contributed by atoms with Gasteiger partial charge >= 0.3 is 0 Å². The predicted octanol–water partition coefficient (Wildman–Crippen LogP) is 5.49. The highest BCUT2D eigenvalue weighted by atomic mass is 32.1. The number of hydrogen-bond donors (Lipinski definition) is 1. The second-order valence-corrected chi connectivity index (χ2v) is 8.81. The first-order valence-corrected chi connectivity index (χ1v) is 11.3. The maximum absolute atomic E-state index is 13.2. The standard InChI is InChI=1S/C25H26FNO3S/c1-17-13-23(31-24(17)20-5-7-21(26)8-6-20)25(28)27-15-18-3-2-4-19(14-18)16-30-22-9-11-29-12-10-22/h2-8,13-14,22H,9-12,15-16H2,1H3,(H,27,28). The SMILES string of the molecule is Cc1cc(C(=O)NCc2cccc(COC3CCOCC3)c2)sc1-c1ccc(F)cc1. The molecule has 0 bridgehead atoms. The van der Waals surface area contributed by atoms with E-state index in [4.69, 9.17) is 9.47 Å². The number of halogens is 1. The minimum absolute atomic E-state index is 0.106. The minimum Gasteiger partial charge on any atom is -0.381 e. The van der Waals surface area contributed by atoms with Gasteiger partial charge in [0.05, 0.1) is 17.6 Å². The van der Waals surface area contributed by atoms with Gasteiger partial charge in [0.25, 0.3) is 5.91 Å². The van der Waals surface area contributed by atoms with Crippen LogP contribution in [0.4, 0.5) is 4.39 Å². The number of thiophene rings is 1. The molecule has 1 aliphatic heterocycles. The maximum Gasteiger partial charge on any atom is 0.261 e. The van der Waals surface area contributed by atoms with Crippen LogP contribution in [0.15, 0.2) is 54.6 Å². The molecule has 162 valence electrons. The number of carbonyl (C=O) groups is 1. The van der Waals surface area contributed by atoms with E-state index in [-0.39, 0.29) is 17.8 Å². The average Bonchev–Trinajstić information content (AvgIpc) is 3.19. The third-order valence-corrected chi connectivity index (χ3v) is 6.63. The summed E-state index contributed by atoms with van der Waals surface area (Å²) < 4.78 is 24.6. The Bertz CT molecular complexity index is 1030. The van der Waals surface area contributed by atoms with Crippen LogP contribution in [0.2, 0.25) is 0 Å². The Morgan fingerprint density at radius 1 is 1.13 bits per heavy atom. The smallest absolute Gasteiger partial charge is 0.261 e. The van der Waals surface area contributed by atoms with Gasteiger partial charge in [-0.25, -0.2) is 4.39 Å². The molecule has 0 saturated carbocycles. The molecule has 1 aliphatic rings. The molecule has 1 fully saturated rings. The lowest BCUT2D eigenvalue weighted by Gasteiger charge is -2.22.